The van der Waals surface area contributed by atoms with E-state index in [2.05, 4.69) is 31.4 Å². The van der Waals surface area contributed by atoms with Gasteiger partial charge in [-0.1, -0.05) is 29.0 Å². The fourth-order valence-corrected chi connectivity index (χ4v) is 3.34. The smallest absolute Gasteiger partial charge is 0.240 e. The molecule has 0 saturated carbocycles. The second-order valence-corrected chi connectivity index (χ2v) is 7.04. The lowest BCUT2D eigenvalue weighted by Gasteiger charge is -2.35. The Labute approximate surface area is 144 Å². The Hall–Kier alpha value is -1.70. The van der Waals surface area contributed by atoms with Gasteiger partial charge in [0.2, 0.25) is 11.0 Å². The van der Waals surface area contributed by atoms with E-state index in [1.165, 1.54) is 11.3 Å². The average Bonchev–Trinajstić information content (AvgIpc) is 2.93. The number of halogens is 1. The molecule has 0 atom stereocenters. The van der Waals surface area contributed by atoms with Gasteiger partial charge in [0.15, 0.2) is 0 Å². The summed E-state index contributed by atoms with van der Waals surface area (Å²) in [5.74, 6) is -0.0441. The first-order valence-electron chi connectivity index (χ1n) is 7.43. The van der Waals surface area contributed by atoms with Gasteiger partial charge in [0.1, 0.15) is 5.01 Å². The zero-order chi connectivity index (χ0) is 16.2. The second-order valence-electron chi connectivity index (χ2n) is 5.42. The fourth-order valence-electron chi connectivity index (χ4n) is 2.55. The number of aryl methyl sites for hydroxylation is 1. The average molecular weight is 352 g/mol. The number of anilines is 2. The number of nitrogens with one attached hydrogen (secondary N) is 1. The van der Waals surface area contributed by atoms with Gasteiger partial charge >= 0.3 is 0 Å². The molecular formula is C15H18ClN5OS. The summed E-state index contributed by atoms with van der Waals surface area (Å²) in [5, 5.41) is 12.7. The number of rotatable bonds is 4. The molecule has 1 aliphatic rings. The van der Waals surface area contributed by atoms with Crippen molar-refractivity contribution < 1.29 is 4.79 Å². The summed E-state index contributed by atoms with van der Waals surface area (Å²) >= 11 is 7.42. The van der Waals surface area contributed by atoms with Gasteiger partial charge < -0.3 is 4.90 Å². The van der Waals surface area contributed by atoms with Crippen molar-refractivity contribution in [2.24, 2.45) is 0 Å². The molecule has 2 heterocycles. The van der Waals surface area contributed by atoms with Crippen molar-refractivity contribution in [2.75, 3.05) is 42.9 Å². The highest BCUT2D eigenvalue weighted by Crippen LogP contribution is 2.20. The van der Waals surface area contributed by atoms with Crippen LogP contribution in [0.25, 0.3) is 0 Å². The van der Waals surface area contributed by atoms with E-state index in [1.54, 1.807) is 0 Å². The lowest BCUT2D eigenvalue weighted by atomic mass is 10.2. The molecule has 0 aliphatic carbocycles. The maximum Gasteiger partial charge on any atom is 0.240 e. The number of amides is 1. The molecule has 1 aromatic carbocycles. The molecule has 1 aliphatic heterocycles. The van der Waals surface area contributed by atoms with Crippen LogP contribution in [0.2, 0.25) is 5.02 Å². The van der Waals surface area contributed by atoms with E-state index < -0.39 is 0 Å². The van der Waals surface area contributed by atoms with Crippen LogP contribution in [0.3, 0.4) is 0 Å². The van der Waals surface area contributed by atoms with E-state index in [9.17, 15) is 4.79 Å². The number of hydrogen-bond acceptors (Lipinski definition) is 6. The van der Waals surface area contributed by atoms with E-state index in [0.29, 0.717) is 11.7 Å². The van der Waals surface area contributed by atoms with Crippen molar-refractivity contribution in [3.8, 4) is 0 Å². The van der Waals surface area contributed by atoms with Crippen molar-refractivity contribution in [3.05, 3.63) is 34.3 Å². The molecule has 23 heavy (non-hydrogen) atoms. The first-order chi connectivity index (χ1) is 11.1. The van der Waals surface area contributed by atoms with Gasteiger partial charge in [-0.2, -0.15) is 0 Å². The highest BCUT2D eigenvalue weighted by molar-refractivity contribution is 7.15. The molecule has 0 spiro atoms. The molecule has 1 amide bonds. The summed E-state index contributed by atoms with van der Waals surface area (Å²) in [4.78, 5) is 16.5. The summed E-state index contributed by atoms with van der Waals surface area (Å²) in [6, 6.07) is 7.87. The van der Waals surface area contributed by atoms with Crippen LogP contribution in [0.4, 0.5) is 10.8 Å². The molecule has 2 aromatic rings. The normalized spacial score (nSPS) is 15.7. The standard InChI is InChI=1S/C15H18ClN5OS/c1-11-18-19-15(23-11)17-14(22)10-20-5-7-21(8-6-20)13-4-2-3-12(16)9-13/h2-4,9H,5-8,10H2,1H3,(H,17,19,22). The lowest BCUT2D eigenvalue weighted by molar-refractivity contribution is -0.117. The van der Waals surface area contributed by atoms with E-state index >= 15 is 0 Å². The van der Waals surface area contributed by atoms with Gasteiger partial charge in [0, 0.05) is 36.9 Å². The number of aromatic nitrogens is 2. The third-order valence-corrected chi connectivity index (χ3v) is 4.67. The zero-order valence-corrected chi connectivity index (χ0v) is 14.4. The van der Waals surface area contributed by atoms with Crippen molar-refractivity contribution in [2.45, 2.75) is 6.92 Å². The highest BCUT2D eigenvalue weighted by atomic mass is 35.5. The number of hydrogen-bond donors (Lipinski definition) is 1. The van der Waals surface area contributed by atoms with Crippen LogP contribution in [0.15, 0.2) is 24.3 Å². The van der Waals surface area contributed by atoms with E-state index in [4.69, 9.17) is 11.6 Å². The first kappa shape index (κ1) is 16.2. The van der Waals surface area contributed by atoms with Gasteiger partial charge in [-0.05, 0) is 25.1 Å². The Morgan fingerprint density at radius 1 is 1.30 bits per heavy atom. The number of benzene rings is 1. The van der Waals surface area contributed by atoms with Crippen LogP contribution < -0.4 is 10.2 Å². The maximum absolute atomic E-state index is 12.0. The number of carbonyl (C=O) groups is 1. The third kappa shape index (κ3) is 4.40. The van der Waals surface area contributed by atoms with Crippen molar-refractivity contribution in [1.29, 1.82) is 0 Å². The molecule has 0 unspecified atom stereocenters. The minimum absolute atomic E-state index is 0.0441. The molecule has 0 radical (unpaired) electrons. The summed E-state index contributed by atoms with van der Waals surface area (Å²) in [6.07, 6.45) is 0. The molecule has 0 bridgehead atoms. The van der Waals surface area contributed by atoms with E-state index in [1.807, 2.05) is 25.1 Å². The molecule has 8 heteroatoms. The largest absolute Gasteiger partial charge is 0.369 e. The predicted octanol–water partition coefficient (Wildman–Crippen LogP) is 2.26. The van der Waals surface area contributed by atoms with Gasteiger partial charge in [-0.3, -0.25) is 15.0 Å². The van der Waals surface area contributed by atoms with Crippen LogP contribution in [-0.4, -0.2) is 53.7 Å². The van der Waals surface area contributed by atoms with Crippen LogP contribution in [0.1, 0.15) is 5.01 Å². The van der Waals surface area contributed by atoms with Gasteiger partial charge in [-0.25, -0.2) is 0 Å². The van der Waals surface area contributed by atoms with Crippen molar-refractivity contribution in [1.82, 2.24) is 15.1 Å². The molecule has 1 saturated heterocycles. The second kappa shape index (κ2) is 7.25. The molecule has 1 aromatic heterocycles. The molecular weight excluding hydrogens is 334 g/mol. The van der Waals surface area contributed by atoms with Gasteiger partial charge in [-0.15, -0.1) is 10.2 Å². The summed E-state index contributed by atoms with van der Waals surface area (Å²) in [7, 11) is 0. The third-order valence-electron chi connectivity index (χ3n) is 3.69. The quantitative estimate of drug-likeness (QED) is 0.915. The zero-order valence-electron chi connectivity index (χ0n) is 12.8. The number of carbonyl (C=O) groups excluding carboxylic acids is 1. The van der Waals surface area contributed by atoms with Gasteiger partial charge in [0.25, 0.3) is 0 Å². The molecule has 3 rings (SSSR count). The highest BCUT2D eigenvalue weighted by Gasteiger charge is 2.19. The van der Waals surface area contributed by atoms with E-state index in [0.717, 1.165) is 41.9 Å². The van der Waals surface area contributed by atoms with Crippen molar-refractivity contribution in [3.63, 3.8) is 0 Å². The Kier molecular flexibility index (Phi) is 5.09. The lowest BCUT2D eigenvalue weighted by Crippen LogP contribution is -2.48. The number of nitrogens with zero attached hydrogens (tertiary/aromatic N) is 4. The molecule has 122 valence electrons. The van der Waals surface area contributed by atoms with Crippen molar-refractivity contribution >= 4 is 39.7 Å². The molecule has 1 N–H and O–H groups in total. The monoisotopic (exact) mass is 351 g/mol. The summed E-state index contributed by atoms with van der Waals surface area (Å²) in [5.41, 5.74) is 1.13. The predicted molar refractivity (Wildman–Crippen MR) is 93.4 cm³/mol. The number of piperazine rings is 1. The fraction of sp³-hybridized carbons (Fsp3) is 0.400. The maximum atomic E-state index is 12.0. The minimum Gasteiger partial charge on any atom is -0.369 e. The Morgan fingerprint density at radius 2 is 2.09 bits per heavy atom. The van der Waals surface area contributed by atoms with Crippen LogP contribution >= 0.6 is 22.9 Å². The molecule has 6 nitrogen and oxygen atoms in total. The van der Waals surface area contributed by atoms with Crippen LogP contribution in [-0.2, 0) is 4.79 Å². The minimum atomic E-state index is -0.0441. The SMILES string of the molecule is Cc1nnc(NC(=O)CN2CCN(c3cccc(Cl)c3)CC2)s1. The van der Waals surface area contributed by atoms with Crippen LogP contribution in [0, 0.1) is 6.92 Å². The molecule has 1 fully saturated rings. The van der Waals surface area contributed by atoms with Gasteiger partial charge in [0.05, 0.1) is 6.54 Å². The summed E-state index contributed by atoms with van der Waals surface area (Å²) in [6.45, 7) is 5.69. The Morgan fingerprint density at radius 3 is 2.74 bits per heavy atom. The van der Waals surface area contributed by atoms with E-state index in [-0.39, 0.29) is 5.91 Å². The summed E-state index contributed by atoms with van der Waals surface area (Å²) < 4.78 is 0. The Balaban J connectivity index is 1.48. The Bertz CT molecular complexity index is 684. The van der Waals surface area contributed by atoms with Crippen LogP contribution in [0.5, 0.6) is 0 Å². The topological polar surface area (TPSA) is 61.4 Å². The first-order valence-corrected chi connectivity index (χ1v) is 8.62.